The molecule has 2 rings (SSSR count). The normalized spacial score (nSPS) is 16.5. The highest BCUT2D eigenvalue weighted by Gasteiger charge is 2.34. The van der Waals surface area contributed by atoms with Gasteiger partial charge >= 0.3 is 5.97 Å². The lowest BCUT2D eigenvalue weighted by atomic mass is 9.85. The topological polar surface area (TPSA) is 69.4 Å². The SMILES string of the molecule is C=CCOC(=O)[C@@H](CC(=O)[C@@H](N)C1Cc2ccccc2C1)C(C)C. The van der Waals surface area contributed by atoms with Crippen LogP contribution in [-0.2, 0) is 27.2 Å². The number of carbonyl (C=O) groups is 2. The molecular weight excluding hydrogens is 302 g/mol. The average Bonchev–Trinajstić information content (AvgIpc) is 3.00. The van der Waals surface area contributed by atoms with Gasteiger partial charge in [-0.1, -0.05) is 50.8 Å². The largest absolute Gasteiger partial charge is 0.461 e. The average molecular weight is 329 g/mol. The Morgan fingerprint density at radius 1 is 1.29 bits per heavy atom. The quantitative estimate of drug-likeness (QED) is 0.588. The molecule has 0 radical (unpaired) electrons. The van der Waals surface area contributed by atoms with Crippen LogP contribution in [0.4, 0.5) is 0 Å². The summed E-state index contributed by atoms with van der Waals surface area (Å²) in [5.41, 5.74) is 8.78. The van der Waals surface area contributed by atoms with Gasteiger partial charge in [-0.15, -0.1) is 0 Å². The van der Waals surface area contributed by atoms with Crippen LogP contribution in [-0.4, -0.2) is 24.4 Å². The molecule has 4 heteroatoms. The van der Waals surface area contributed by atoms with E-state index in [4.69, 9.17) is 10.5 Å². The van der Waals surface area contributed by atoms with Gasteiger partial charge in [0.05, 0.1) is 12.0 Å². The Hall–Kier alpha value is -1.94. The molecule has 2 N–H and O–H groups in total. The van der Waals surface area contributed by atoms with Gasteiger partial charge in [0, 0.05) is 6.42 Å². The number of ketones is 1. The highest BCUT2D eigenvalue weighted by Crippen LogP contribution is 2.29. The number of hydrogen-bond donors (Lipinski definition) is 1. The number of esters is 1. The molecule has 0 unspecified atom stereocenters. The molecule has 1 aliphatic carbocycles. The van der Waals surface area contributed by atoms with Gasteiger partial charge < -0.3 is 10.5 Å². The third kappa shape index (κ3) is 4.32. The summed E-state index contributed by atoms with van der Waals surface area (Å²) in [5, 5.41) is 0. The number of fused-ring (bicyclic) bond motifs is 1. The Labute approximate surface area is 144 Å². The smallest absolute Gasteiger partial charge is 0.309 e. The van der Waals surface area contributed by atoms with E-state index in [0.717, 1.165) is 12.8 Å². The summed E-state index contributed by atoms with van der Waals surface area (Å²) in [6.07, 6.45) is 3.33. The van der Waals surface area contributed by atoms with Gasteiger partial charge in [-0.05, 0) is 35.8 Å². The van der Waals surface area contributed by atoms with Crippen LogP contribution in [0.1, 0.15) is 31.4 Å². The zero-order chi connectivity index (χ0) is 17.7. The minimum absolute atomic E-state index is 0.0271. The first-order valence-corrected chi connectivity index (χ1v) is 8.56. The minimum atomic E-state index is -0.536. The van der Waals surface area contributed by atoms with Crippen molar-refractivity contribution in [2.75, 3.05) is 6.61 Å². The Morgan fingerprint density at radius 3 is 2.38 bits per heavy atom. The number of rotatable bonds is 8. The number of nitrogens with two attached hydrogens (primary N) is 1. The standard InChI is InChI=1S/C20H27NO3/c1-4-9-24-20(23)17(13(2)3)12-18(22)19(21)16-10-14-7-5-6-8-15(14)11-16/h4-8,13,16-17,19H,1,9-12,21H2,2-3H3/t17-,19-/m0/s1. The molecule has 0 fully saturated rings. The molecule has 130 valence electrons. The molecule has 4 nitrogen and oxygen atoms in total. The molecule has 0 bridgehead atoms. The van der Waals surface area contributed by atoms with Gasteiger partial charge in [0.25, 0.3) is 0 Å². The van der Waals surface area contributed by atoms with Gasteiger partial charge in [-0.25, -0.2) is 0 Å². The highest BCUT2D eigenvalue weighted by molar-refractivity contribution is 5.88. The van der Waals surface area contributed by atoms with Crippen LogP contribution in [0.3, 0.4) is 0 Å². The van der Waals surface area contributed by atoms with Crippen LogP contribution < -0.4 is 5.73 Å². The fourth-order valence-electron chi connectivity index (χ4n) is 3.30. The molecule has 1 aromatic rings. The molecule has 0 heterocycles. The third-order valence-electron chi connectivity index (χ3n) is 4.83. The molecule has 1 aromatic carbocycles. The maximum absolute atomic E-state index is 12.6. The number of hydrogen-bond acceptors (Lipinski definition) is 4. The first-order valence-electron chi connectivity index (χ1n) is 8.56. The van der Waals surface area contributed by atoms with E-state index in [1.54, 1.807) is 0 Å². The van der Waals surface area contributed by atoms with Crippen LogP contribution in [0.5, 0.6) is 0 Å². The second-order valence-electron chi connectivity index (χ2n) is 6.90. The second kappa shape index (κ2) is 8.25. The number of benzene rings is 1. The molecule has 0 aliphatic heterocycles. The second-order valence-corrected chi connectivity index (χ2v) is 6.90. The van der Waals surface area contributed by atoms with E-state index in [2.05, 4.69) is 18.7 Å². The van der Waals surface area contributed by atoms with E-state index >= 15 is 0 Å². The predicted molar refractivity (Wildman–Crippen MR) is 94.4 cm³/mol. The van der Waals surface area contributed by atoms with Crippen molar-refractivity contribution >= 4 is 11.8 Å². The van der Waals surface area contributed by atoms with Gasteiger partial charge in [0.2, 0.25) is 0 Å². The van der Waals surface area contributed by atoms with Gasteiger partial charge in [-0.3, -0.25) is 9.59 Å². The lowest BCUT2D eigenvalue weighted by Crippen LogP contribution is -2.41. The summed E-state index contributed by atoms with van der Waals surface area (Å²) in [7, 11) is 0. The van der Waals surface area contributed by atoms with Gasteiger partial charge in [-0.2, -0.15) is 0 Å². The summed E-state index contributed by atoms with van der Waals surface area (Å²) in [5.74, 6) is -0.708. The Balaban J connectivity index is 1.97. The first-order chi connectivity index (χ1) is 11.4. The number of carbonyl (C=O) groups excluding carboxylic acids is 2. The molecule has 1 aliphatic rings. The van der Waals surface area contributed by atoms with Gasteiger partial charge in [0.15, 0.2) is 5.78 Å². The first kappa shape index (κ1) is 18.4. The molecule has 0 saturated heterocycles. The van der Waals surface area contributed by atoms with Crippen molar-refractivity contribution in [2.45, 2.75) is 39.2 Å². The molecule has 0 spiro atoms. The van der Waals surface area contributed by atoms with Gasteiger partial charge in [0.1, 0.15) is 6.61 Å². The summed E-state index contributed by atoms with van der Waals surface area (Å²) >= 11 is 0. The van der Waals surface area contributed by atoms with Crippen LogP contribution in [0, 0.1) is 17.8 Å². The van der Waals surface area contributed by atoms with E-state index in [1.807, 2.05) is 26.0 Å². The predicted octanol–water partition coefficient (Wildman–Crippen LogP) is 2.69. The Bertz CT molecular complexity index is 584. The zero-order valence-corrected chi connectivity index (χ0v) is 14.5. The van der Waals surface area contributed by atoms with E-state index in [-0.39, 0.29) is 36.6 Å². The van der Waals surface area contributed by atoms with E-state index in [9.17, 15) is 9.59 Å². The zero-order valence-electron chi connectivity index (χ0n) is 14.5. The minimum Gasteiger partial charge on any atom is -0.461 e. The van der Waals surface area contributed by atoms with Crippen LogP contribution in [0.2, 0.25) is 0 Å². The summed E-state index contributed by atoms with van der Waals surface area (Å²) in [4.78, 5) is 24.8. The molecule has 24 heavy (non-hydrogen) atoms. The van der Waals surface area contributed by atoms with Crippen LogP contribution in [0.15, 0.2) is 36.9 Å². The number of Topliss-reactive ketones (excluding diaryl/α,β-unsaturated/α-hetero) is 1. The Morgan fingerprint density at radius 2 is 1.88 bits per heavy atom. The van der Waals surface area contributed by atoms with Crippen molar-refractivity contribution in [3.63, 3.8) is 0 Å². The molecule has 0 amide bonds. The van der Waals surface area contributed by atoms with Crippen molar-refractivity contribution in [3.8, 4) is 0 Å². The van der Waals surface area contributed by atoms with E-state index < -0.39 is 12.0 Å². The van der Waals surface area contributed by atoms with Crippen LogP contribution in [0.25, 0.3) is 0 Å². The van der Waals surface area contributed by atoms with Crippen molar-refractivity contribution in [1.29, 1.82) is 0 Å². The molecular formula is C20H27NO3. The van der Waals surface area contributed by atoms with Crippen LogP contribution >= 0.6 is 0 Å². The third-order valence-corrected chi connectivity index (χ3v) is 4.83. The molecule has 0 saturated carbocycles. The van der Waals surface area contributed by atoms with E-state index in [1.165, 1.54) is 17.2 Å². The maximum atomic E-state index is 12.6. The van der Waals surface area contributed by atoms with Crippen molar-refractivity contribution < 1.29 is 14.3 Å². The fourth-order valence-corrected chi connectivity index (χ4v) is 3.30. The maximum Gasteiger partial charge on any atom is 0.309 e. The van der Waals surface area contributed by atoms with Crippen molar-refractivity contribution in [2.24, 2.45) is 23.5 Å². The van der Waals surface area contributed by atoms with Crippen molar-refractivity contribution in [3.05, 3.63) is 48.0 Å². The fraction of sp³-hybridized carbons (Fsp3) is 0.500. The lowest BCUT2D eigenvalue weighted by molar-refractivity contribution is -0.150. The van der Waals surface area contributed by atoms with E-state index in [0.29, 0.717) is 0 Å². The highest BCUT2D eigenvalue weighted by atomic mass is 16.5. The summed E-state index contributed by atoms with van der Waals surface area (Å²) < 4.78 is 5.12. The van der Waals surface area contributed by atoms with Crippen molar-refractivity contribution in [1.82, 2.24) is 0 Å². The number of ether oxygens (including phenoxy) is 1. The lowest BCUT2D eigenvalue weighted by Gasteiger charge is -2.22. The summed E-state index contributed by atoms with van der Waals surface area (Å²) in [6.45, 7) is 7.54. The summed E-state index contributed by atoms with van der Waals surface area (Å²) in [6, 6.07) is 7.68. The Kier molecular flexibility index (Phi) is 6.32. The monoisotopic (exact) mass is 329 g/mol. The molecule has 0 aromatic heterocycles. The molecule has 2 atom stereocenters.